The van der Waals surface area contributed by atoms with Crippen LogP contribution in [0.25, 0.3) is 0 Å². The second kappa shape index (κ2) is 6.75. The van der Waals surface area contributed by atoms with Crippen molar-refractivity contribution in [3.8, 4) is 5.75 Å². The zero-order chi connectivity index (χ0) is 13.7. The van der Waals surface area contributed by atoms with Crippen LogP contribution in [0.1, 0.15) is 30.7 Å². The van der Waals surface area contributed by atoms with Crippen molar-refractivity contribution in [3.63, 3.8) is 0 Å². The standard InChI is InChI=1S/C15H23FN2O/c1-19-15-11-13(3-4-14(15)17)12-5-9-18(10-6-12)8-2-7-16/h3-4,11-12H,2,5-10,17H2,1H3. The van der Waals surface area contributed by atoms with Crippen LogP contribution in [-0.2, 0) is 0 Å². The van der Waals surface area contributed by atoms with Gasteiger partial charge >= 0.3 is 0 Å². The highest BCUT2D eigenvalue weighted by molar-refractivity contribution is 5.54. The van der Waals surface area contributed by atoms with E-state index in [9.17, 15) is 4.39 Å². The molecule has 1 aliphatic heterocycles. The van der Waals surface area contributed by atoms with E-state index in [4.69, 9.17) is 10.5 Å². The van der Waals surface area contributed by atoms with Gasteiger partial charge in [0.1, 0.15) is 5.75 Å². The van der Waals surface area contributed by atoms with Crippen LogP contribution < -0.4 is 10.5 Å². The van der Waals surface area contributed by atoms with Crippen LogP contribution in [0.3, 0.4) is 0 Å². The van der Waals surface area contributed by atoms with Gasteiger partial charge in [-0.2, -0.15) is 0 Å². The van der Waals surface area contributed by atoms with Crippen molar-refractivity contribution in [1.29, 1.82) is 0 Å². The lowest BCUT2D eigenvalue weighted by atomic mass is 9.89. The Bertz CT molecular complexity index is 403. The number of anilines is 1. The predicted octanol–water partition coefficient (Wildman–Crippen LogP) is 2.82. The number of piperidine rings is 1. The minimum atomic E-state index is -0.213. The topological polar surface area (TPSA) is 38.5 Å². The quantitative estimate of drug-likeness (QED) is 0.833. The number of halogens is 1. The fourth-order valence-electron chi connectivity index (χ4n) is 2.75. The van der Waals surface area contributed by atoms with Crippen molar-refractivity contribution in [1.82, 2.24) is 4.90 Å². The number of nitrogens with zero attached hydrogens (tertiary/aromatic N) is 1. The van der Waals surface area contributed by atoms with Crippen LogP contribution >= 0.6 is 0 Å². The third kappa shape index (κ3) is 3.60. The number of rotatable bonds is 5. The largest absolute Gasteiger partial charge is 0.495 e. The van der Waals surface area contributed by atoms with E-state index in [0.717, 1.165) is 38.2 Å². The summed E-state index contributed by atoms with van der Waals surface area (Å²) >= 11 is 0. The van der Waals surface area contributed by atoms with E-state index in [0.29, 0.717) is 18.0 Å². The van der Waals surface area contributed by atoms with Crippen LogP contribution in [0, 0.1) is 0 Å². The van der Waals surface area contributed by atoms with Gasteiger partial charge in [0, 0.05) is 6.54 Å². The second-order valence-corrected chi connectivity index (χ2v) is 5.16. The van der Waals surface area contributed by atoms with Gasteiger partial charge in [0.15, 0.2) is 0 Å². The van der Waals surface area contributed by atoms with E-state index >= 15 is 0 Å². The third-order valence-corrected chi connectivity index (χ3v) is 3.92. The average Bonchev–Trinajstić information content (AvgIpc) is 2.46. The van der Waals surface area contributed by atoms with E-state index in [-0.39, 0.29) is 6.67 Å². The summed E-state index contributed by atoms with van der Waals surface area (Å²) in [6, 6.07) is 6.07. The van der Waals surface area contributed by atoms with Crippen molar-refractivity contribution in [2.75, 3.05) is 39.2 Å². The minimum Gasteiger partial charge on any atom is -0.495 e. The number of alkyl halides is 1. The molecule has 2 rings (SSSR count). The maximum absolute atomic E-state index is 12.2. The molecular weight excluding hydrogens is 243 g/mol. The smallest absolute Gasteiger partial charge is 0.142 e. The summed E-state index contributed by atoms with van der Waals surface area (Å²) in [4.78, 5) is 2.35. The van der Waals surface area contributed by atoms with Gasteiger partial charge in [-0.05, 0) is 56.0 Å². The molecule has 1 aromatic rings. The molecule has 1 saturated heterocycles. The van der Waals surface area contributed by atoms with Crippen LogP contribution in [-0.4, -0.2) is 38.3 Å². The lowest BCUT2D eigenvalue weighted by Crippen LogP contribution is -2.33. The Labute approximate surface area is 114 Å². The normalized spacial score (nSPS) is 17.6. The summed E-state index contributed by atoms with van der Waals surface area (Å²) in [5.41, 5.74) is 7.83. The number of methoxy groups -OCH3 is 1. The van der Waals surface area contributed by atoms with Gasteiger partial charge in [-0.15, -0.1) is 0 Å². The highest BCUT2D eigenvalue weighted by atomic mass is 19.1. The summed E-state index contributed by atoms with van der Waals surface area (Å²) in [5.74, 6) is 1.33. The molecule has 0 atom stereocenters. The van der Waals surface area contributed by atoms with E-state index in [2.05, 4.69) is 17.0 Å². The van der Waals surface area contributed by atoms with Gasteiger partial charge in [-0.25, -0.2) is 0 Å². The van der Waals surface area contributed by atoms with Crippen molar-refractivity contribution in [3.05, 3.63) is 23.8 Å². The molecule has 1 aromatic carbocycles. The Morgan fingerprint density at radius 2 is 2.11 bits per heavy atom. The number of ether oxygens (including phenoxy) is 1. The van der Waals surface area contributed by atoms with Crippen molar-refractivity contribution in [2.45, 2.75) is 25.2 Å². The molecule has 106 valence electrons. The van der Waals surface area contributed by atoms with E-state index in [1.54, 1.807) is 7.11 Å². The first-order valence-electron chi connectivity index (χ1n) is 6.96. The maximum Gasteiger partial charge on any atom is 0.142 e. The highest BCUT2D eigenvalue weighted by Crippen LogP contribution is 2.32. The fourth-order valence-corrected chi connectivity index (χ4v) is 2.75. The molecule has 0 amide bonds. The summed E-state index contributed by atoms with van der Waals surface area (Å²) < 4.78 is 17.4. The van der Waals surface area contributed by atoms with Crippen LogP contribution in [0.5, 0.6) is 5.75 Å². The second-order valence-electron chi connectivity index (χ2n) is 5.16. The Morgan fingerprint density at radius 1 is 1.37 bits per heavy atom. The predicted molar refractivity (Wildman–Crippen MR) is 76.4 cm³/mol. The first-order valence-corrected chi connectivity index (χ1v) is 6.96. The van der Waals surface area contributed by atoms with Crippen LogP contribution in [0.15, 0.2) is 18.2 Å². The number of hydrogen-bond acceptors (Lipinski definition) is 3. The molecule has 0 bridgehead atoms. The van der Waals surface area contributed by atoms with Gasteiger partial charge in [0.25, 0.3) is 0 Å². The van der Waals surface area contributed by atoms with Gasteiger partial charge in [0.2, 0.25) is 0 Å². The molecule has 1 heterocycles. The summed E-state index contributed by atoms with van der Waals surface area (Å²) in [6.07, 6.45) is 2.90. The Balaban J connectivity index is 1.94. The summed E-state index contributed by atoms with van der Waals surface area (Å²) in [5, 5.41) is 0. The van der Waals surface area contributed by atoms with Gasteiger partial charge in [0.05, 0.1) is 19.5 Å². The number of nitrogens with two attached hydrogens (primary N) is 1. The van der Waals surface area contributed by atoms with Crippen molar-refractivity contribution in [2.24, 2.45) is 0 Å². The Morgan fingerprint density at radius 3 is 2.74 bits per heavy atom. The Kier molecular flexibility index (Phi) is 5.02. The SMILES string of the molecule is COc1cc(C2CCN(CCCF)CC2)ccc1N. The molecule has 0 radical (unpaired) electrons. The van der Waals surface area contributed by atoms with E-state index in [1.807, 2.05) is 6.07 Å². The molecule has 19 heavy (non-hydrogen) atoms. The zero-order valence-electron chi connectivity index (χ0n) is 11.6. The van der Waals surface area contributed by atoms with E-state index in [1.165, 1.54) is 5.56 Å². The first-order chi connectivity index (χ1) is 9.24. The molecule has 0 unspecified atom stereocenters. The lowest BCUT2D eigenvalue weighted by molar-refractivity contribution is 0.204. The van der Waals surface area contributed by atoms with Gasteiger partial charge < -0.3 is 15.4 Å². The number of hydrogen-bond donors (Lipinski definition) is 1. The minimum absolute atomic E-state index is 0.213. The van der Waals surface area contributed by atoms with Crippen molar-refractivity contribution >= 4 is 5.69 Å². The highest BCUT2D eigenvalue weighted by Gasteiger charge is 2.20. The maximum atomic E-state index is 12.2. The van der Waals surface area contributed by atoms with Crippen LogP contribution in [0.4, 0.5) is 10.1 Å². The first kappa shape index (κ1) is 14.1. The van der Waals surface area contributed by atoms with Crippen LogP contribution in [0.2, 0.25) is 0 Å². The van der Waals surface area contributed by atoms with E-state index < -0.39 is 0 Å². The number of nitrogen functional groups attached to an aromatic ring is 1. The molecule has 1 fully saturated rings. The van der Waals surface area contributed by atoms with Crippen molar-refractivity contribution < 1.29 is 9.13 Å². The number of benzene rings is 1. The molecule has 2 N–H and O–H groups in total. The molecule has 0 aliphatic carbocycles. The molecule has 0 aromatic heterocycles. The summed E-state index contributed by atoms with van der Waals surface area (Å²) in [6.45, 7) is 2.78. The molecule has 1 aliphatic rings. The molecule has 4 heteroatoms. The summed E-state index contributed by atoms with van der Waals surface area (Å²) in [7, 11) is 1.65. The van der Waals surface area contributed by atoms with Gasteiger partial charge in [-0.3, -0.25) is 4.39 Å². The van der Waals surface area contributed by atoms with Gasteiger partial charge in [-0.1, -0.05) is 6.07 Å². The fraction of sp³-hybridized carbons (Fsp3) is 0.600. The average molecular weight is 266 g/mol. The molecule has 3 nitrogen and oxygen atoms in total. The zero-order valence-corrected chi connectivity index (χ0v) is 11.6. The monoisotopic (exact) mass is 266 g/mol. The number of likely N-dealkylation sites (tertiary alicyclic amines) is 1. The molecule has 0 saturated carbocycles. The Hall–Kier alpha value is -1.29. The lowest BCUT2D eigenvalue weighted by Gasteiger charge is -2.32. The molecule has 0 spiro atoms. The molecular formula is C15H23FN2O. The third-order valence-electron chi connectivity index (χ3n) is 3.92.